The van der Waals surface area contributed by atoms with Crippen molar-refractivity contribution in [2.24, 2.45) is 0 Å². The molecule has 126 valence electrons. The number of aryl methyl sites for hydroxylation is 1. The van der Waals surface area contributed by atoms with Crippen molar-refractivity contribution in [2.45, 2.75) is 11.1 Å². The number of nitrogens with one attached hydrogen (secondary N) is 1. The first kappa shape index (κ1) is 16.3. The largest absolute Gasteiger partial charge is 0.279 e. The molecule has 1 N–H and O–H groups in total. The Morgan fingerprint density at radius 3 is 2.60 bits per heavy atom. The van der Waals surface area contributed by atoms with E-state index in [1.807, 2.05) is 43.3 Å². The number of rotatable bonds is 4. The molecule has 4 aromatic rings. The van der Waals surface area contributed by atoms with Crippen LogP contribution < -0.4 is 4.72 Å². The third-order valence-electron chi connectivity index (χ3n) is 3.77. The highest BCUT2D eigenvalue weighted by Crippen LogP contribution is 2.32. The van der Waals surface area contributed by atoms with Crippen LogP contribution in [0.1, 0.15) is 5.56 Å². The Labute approximate surface area is 153 Å². The summed E-state index contributed by atoms with van der Waals surface area (Å²) in [5.41, 5.74) is 3.40. The summed E-state index contributed by atoms with van der Waals surface area (Å²) in [6, 6.07) is 17.0. The van der Waals surface area contributed by atoms with Crippen LogP contribution in [0.2, 0.25) is 0 Å². The number of para-hydroxylation sites is 1. The lowest BCUT2D eigenvalue weighted by Crippen LogP contribution is -2.12. The molecule has 4 rings (SSSR count). The number of thiazole rings is 1. The number of hydrogen-bond donors (Lipinski definition) is 1. The molecule has 7 heteroatoms. The molecule has 25 heavy (non-hydrogen) atoms. The number of anilines is 1. The van der Waals surface area contributed by atoms with Gasteiger partial charge < -0.3 is 0 Å². The molecular weight excluding hydrogens is 372 g/mol. The van der Waals surface area contributed by atoms with Gasteiger partial charge >= 0.3 is 0 Å². The highest BCUT2D eigenvalue weighted by Gasteiger charge is 2.16. The smallest absolute Gasteiger partial charge is 0.271 e. The van der Waals surface area contributed by atoms with Gasteiger partial charge in [0.05, 0.1) is 15.9 Å². The van der Waals surface area contributed by atoms with Gasteiger partial charge in [0.1, 0.15) is 9.22 Å². The normalized spacial score (nSPS) is 11.7. The van der Waals surface area contributed by atoms with Crippen LogP contribution in [-0.4, -0.2) is 13.4 Å². The molecule has 4 nitrogen and oxygen atoms in total. The molecule has 0 spiro atoms. The number of fused-ring (bicyclic) bond motifs is 1. The lowest BCUT2D eigenvalue weighted by Gasteiger charge is -2.10. The van der Waals surface area contributed by atoms with Crippen LogP contribution >= 0.6 is 22.7 Å². The fourth-order valence-corrected chi connectivity index (χ4v) is 5.60. The van der Waals surface area contributed by atoms with E-state index in [0.29, 0.717) is 9.90 Å². The van der Waals surface area contributed by atoms with Crippen molar-refractivity contribution in [3.63, 3.8) is 0 Å². The molecule has 2 aromatic carbocycles. The fraction of sp³-hybridized carbons (Fsp3) is 0.0556. The maximum Gasteiger partial charge on any atom is 0.271 e. The zero-order valence-corrected chi connectivity index (χ0v) is 15.7. The van der Waals surface area contributed by atoms with E-state index in [-0.39, 0.29) is 0 Å². The summed E-state index contributed by atoms with van der Waals surface area (Å²) in [7, 11) is -3.53. The van der Waals surface area contributed by atoms with E-state index in [1.165, 1.54) is 11.3 Å². The molecule has 0 fully saturated rings. The number of thiophene rings is 1. The monoisotopic (exact) mass is 386 g/mol. The second-order valence-electron chi connectivity index (χ2n) is 5.55. The van der Waals surface area contributed by atoms with Crippen LogP contribution in [0.3, 0.4) is 0 Å². The van der Waals surface area contributed by atoms with Gasteiger partial charge in [0, 0.05) is 5.56 Å². The van der Waals surface area contributed by atoms with Gasteiger partial charge in [-0.05, 0) is 54.3 Å². The van der Waals surface area contributed by atoms with E-state index < -0.39 is 10.0 Å². The number of hydrogen-bond acceptors (Lipinski definition) is 5. The molecule has 0 bridgehead atoms. The van der Waals surface area contributed by atoms with Gasteiger partial charge in [-0.25, -0.2) is 13.4 Å². The van der Waals surface area contributed by atoms with E-state index in [1.54, 1.807) is 34.9 Å². The van der Waals surface area contributed by atoms with Crippen LogP contribution in [0.4, 0.5) is 5.69 Å². The van der Waals surface area contributed by atoms with Gasteiger partial charge in [-0.15, -0.1) is 22.7 Å². The van der Waals surface area contributed by atoms with Crippen LogP contribution in [0.15, 0.2) is 64.2 Å². The topological polar surface area (TPSA) is 59.1 Å². The number of benzene rings is 2. The van der Waals surface area contributed by atoms with Gasteiger partial charge in [-0.1, -0.05) is 18.2 Å². The Hall–Kier alpha value is -2.22. The lowest BCUT2D eigenvalue weighted by atomic mass is 10.1. The minimum absolute atomic E-state index is 0.308. The zero-order chi connectivity index (χ0) is 17.4. The Bertz CT molecular complexity index is 1110. The molecule has 0 aliphatic rings. The molecule has 0 saturated heterocycles. The van der Waals surface area contributed by atoms with E-state index in [2.05, 4.69) is 9.71 Å². The van der Waals surface area contributed by atoms with Gasteiger partial charge in [-0.3, -0.25) is 4.72 Å². The minimum Gasteiger partial charge on any atom is -0.279 e. The molecule has 0 atom stereocenters. The third-order valence-corrected chi connectivity index (χ3v) is 7.62. The zero-order valence-electron chi connectivity index (χ0n) is 13.3. The molecule has 2 aromatic heterocycles. The first-order valence-electron chi connectivity index (χ1n) is 7.56. The third kappa shape index (κ3) is 3.18. The second kappa shape index (κ2) is 6.25. The number of nitrogens with zero attached hydrogens (tertiary/aromatic N) is 1. The van der Waals surface area contributed by atoms with Crippen LogP contribution in [0.25, 0.3) is 20.8 Å². The highest BCUT2D eigenvalue weighted by atomic mass is 32.2. The van der Waals surface area contributed by atoms with Crippen molar-refractivity contribution in [1.82, 2.24) is 4.98 Å². The first-order valence-corrected chi connectivity index (χ1v) is 10.7. The molecule has 0 unspecified atom stereocenters. The maximum absolute atomic E-state index is 12.4. The van der Waals surface area contributed by atoms with Crippen molar-refractivity contribution in [3.05, 3.63) is 65.5 Å². The molecule has 0 radical (unpaired) electrons. The Morgan fingerprint density at radius 2 is 1.88 bits per heavy atom. The van der Waals surface area contributed by atoms with Crippen molar-refractivity contribution >= 4 is 48.6 Å². The van der Waals surface area contributed by atoms with E-state index in [4.69, 9.17) is 0 Å². The quantitative estimate of drug-likeness (QED) is 0.529. The van der Waals surface area contributed by atoms with E-state index >= 15 is 0 Å². The van der Waals surface area contributed by atoms with Crippen LogP contribution in [-0.2, 0) is 10.0 Å². The van der Waals surface area contributed by atoms with Gasteiger partial charge in [0.25, 0.3) is 10.0 Å². The summed E-state index contributed by atoms with van der Waals surface area (Å²) in [5.74, 6) is 0. The standard InChI is InChI=1S/C18H14N2O2S3/c1-12-11-13(18-19-15-5-2-3-6-16(15)24-18)8-9-14(12)20-25(21,22)17-7-4-10-23-17/h2-11,20H,1H3. The summed E-state index contributed by atoms with van der Waals surface area (Å²) >= 11 is 2.83. The van der Waals surface area contributed by atoms with Gasteiger partial charge in [-0.2, -0.15) is 0 Å². The Kier molecular flexibility index (Phi) is 4.07. The SMILES string of the molecule is Cc1cc(-c2nc3ccccc3s2)ccc1NS(=O)(=O)c1cccs1. The fourth-order valence-electron chi connectivity index (χ4n) is 2.52. The molecule has 2 heterocycles. The van der Waals surface area contributed by atoms with Crippen molar-refractivity contribution in [1.29, 1.82) is 0 Å². The Morgan fingerprint density at radius 1 is 1.04 bits per heavy atom. The Balaban J connectivity index is 1.67. The van der Waals surface area contributed by atoms with Crippen LogP contribution in [0, 0.1) is 6.92 Å². The first-order chi connectivity index (χ1) is 12.0. The molecule has 0 amide bonds. The predicted octanol–water partition coefficient (Wildman–Crippen LogP) is 5.13. The van der Waals surface area contributed by atoms with E-state index in [0.717, 1.165) is 26.4 Å². The van der Waals surface area contributed by atoms with E-state index in [9.17, 15) is 8.42 Å². The number of aromatic nitrogens is 1. The maximum atomic E-state index is 12.4. The second-order valence-corrected chi connectivity index (χ2v) is 9.44. The average Bonchev–Trinajstić information content (AvgIpc) is 3.26. The molecule has 0 saturated carbocycles. The van der Waals surface area contributed by atoms with Crippen LogP contribution in [0.5, 0.6) is 0 Å². The number of sulfonamides is 1. The predicted molar refractivity (Wildman–Crippen MR) is 105 cm³/mol. The summed E-state index contributed by atoms with van der Waals surface area (Å²) in [6.07, 6.45) is 0. The minimum atomic E-state index is -3.53. The summed E-state index contributed by atoms with van der Waals surface area (Å²) < 4.78 is 28.9. The molecular formula is C18H14N2O2S3. The van der Waals surface area contributed by atoms with Crippen molar-refractivity contribution in [2.75, 3.05) is 4.72 Å². The molecule has 0 aliphatic heterocycles. The highest BCUT2D eigenvalue weighted by molar-refractivity contribution is 7.94. The molecule has 0 aliphatic carbocycles. The average molecular weight is 387 g/mol. The van der Waals surface area contributed by atoms with Crippen molar-refractivity contribution in [3.8, 4) is 10.6 Å². The van der Waals surface area contributed by atoms with Crippen molar-refractivity contribution < 1.29 is 8.42 Å². The lowest BCUT2D eigenvalue weighted by molar-refractivity contribution is 0.603. The summed E-state index contributed by atoms with van der Waals surface area (Å²) in [4.78, 5) is 4.65. The summed E-state index contributed by atoms with van der Waals surface area (Å²) in [6.45, 7) is 1.89. The van der Waals surface area contributed by atoms with Gasteiger partial charge in [0.2, 0.25) is 0 Å². The van der Waals surface area contributed by atoms with Gasteiger partial charge in [0.15, 0.2) is 0 Å². The summed E-state index contributed by atoms with van der Waals surface area (Å²) in [5, 5.41) is 2.68.